The lowest BCUT2D eigenvalue weighted by Crippen LogP contribution is -2.20. The number of methoxy groups -OCH3 is 2. The molecule has 16 rings (SSSR count). The molecule has 0 fully saturated rings. The number of rotatable bonds is 32. The zero-order valence-corrected chi connectivity index (χ0v) is 69.9. The Morgan fingerprint density at radius 3 is 1.02 bits per heavy atom. The molecule has 0 saturated carbocycles. The topological polar surface area (TPSA) is 495 Å². The summed E-state index contributed by atoms with van der Waals surface area (Å²) in [6.45, 7) is 6.63. The van der Waals surface area contributed by atoms with E-state index in [1.807, 2.05) is 159 Å². The van der Waals surface area contributed by atoms with E-state index >= 15 is 0 Å². The van der Waals surface area contributed by atoms with E-state index < -0.39 is 11.8 Å². The maximum absolute atomic E-state index is 13.3. The molecule has 1 atom stereocenters. The van der Waals surface area contributed by atoms with Gasteiger partial charge in [0.25, 0.3) is 0 Å². The van der Waals surface area contributed by atoms with Crippen LogP contribution in [0.25, 0.3) is 89.2 Å². The number of benzene rings is 8. The standard InChI is InChI=1S/C24H23FN4O3.C23H22FN5O3.C23H22N4O3.C22H21N5O3.2H3NO/c1-15(16-3-7-18(25)8-4-16)28-23-20-13-21(29-24(20)27-14-26-23)17-5-9-19(10-6-17)32-12-11-22(30)31-2;1-14-10-17(24)5-2-16(14)12-25-22-19-11-20(28-23(19)27-13-26-22)15-3-6-18(7-4-15)32-9-8-21(30)29-31;1-29-21(28)11-12-30-18-9-7-17(8-10-18)20-13-19-22(25-15-26-23(19)27-20)24-14-16-5-3-2-4-6-16;28-20(27-29)10-11-30-17-8-6-16(7-9-17)19-12-18-21(24-14-25-22(18)26-19)23-13-15-4-2-1-3-5-15;2*1-2/h3-10,13-15H,11-12H2,1-2H3,(H2,26,27,28,29);2-7,10-11,13,31H,8-9,12H2,1H3,(H,29,30)(H2,25,26,27,28);2-10,13,15H,11-12,14H2,1H3,(H2,24,25,26,27);1-9,12,14,29H,10-11,13H2,(H,27,28)(H2,23,24,25,26);2*2H,1H2/t15-;;;;;/m1...../s1. The number of aromatic amines is 4. The quantitative estimate of drug-likeness (QED) is 0.0106. The maximum atomic E-state index is 13.3. The first-order chi connectivity index (χ1) is 62.5. The number of carbonyl (C=O) groups is 4. The van der Waals surface area contributed by atoms with E-state index in [4.69, 9.17) is 39.8 Å². The highest BCUT2D eigenvalue weighted by molar-refractivity contribution is 5.95. The number of hydrogen-bond acceptors (Lipinski definition) is 28. The molecule has 36 heteroatoms. The molecule has 8 aromatic heterocycles. The number of hydrogen-bond donors (Lipinski definition) is 16. The lowest BCUT2D eigenvalue weighted by Gasteiger charge is -2.15. The van der Waals surface area contributed by atoms with Gasteiger partial charge in [0.1, 0.15) is 106 Å². The third kappa shape index (κ3) is 26.6. The van der Waals surface area contributed by atoms with Gasteiger partial charge >= 0.3 is 11.9 Å². The van der Waals surface area contributed by atoms with E-state index in [0.717, 1.165) is 106 Å². The fourth-order valence-electron chi connectivity index (χ4n) is 12.8. The second kappa shape index (κ2) is 47.7. The van der Waals surface area contributed by atoms with Gasteiger partial charge in [-0.05, 0) is 210 Å². The zero-order chi connectivity index (χ0) is 90.5. The molecule has 0 aliphatic rings. The summed E-state index contributed by atoms with van der Waals surface area (Å²) in [5, 5.41) is 47.0. The van der Waals surface area contributed by atoms with Crippen molar-refractivity contribution in [3.05, 3.63) is 289 Å². The number of aryl methyl sites for hydroxylation is 1. The molecule has 0 unspecified atom stereocenters. The smallest absolute Gasteiger partial charge is 0.308 e. The van der Waals surface area contributed by atoms with Crippen molar-refractivity contribution in [2.24, 2.45) is 11.8 Å². The average Bonchev–Trinajstić information content (AvgIpc) is 1.67. The fraction of sp³-hybridized carbons (Fsp3) is 0.174. The first-order valence-electron chi connectivity index (χ1n) is 39.9. The SMILES string of the molecule is COC(=O)CCOc1ccc(-c2cc3c(NCc4ccccc4)ncnc3[nH]2)cc1.COC(=O)CCOc1ccc(-c2cc3c(N[C@H](C)c4ccc(F)cc4)ncnc3[nH]2)cc1.Cc1cc(F)ccc1CNc1ncnc2[nH]c(-c3ccc(OCCC(=O)NO)cc3)cc12.NO.NO.O=C(CCOc1ccc(-c2cc3c(NCc4ccccc4)ncnc3[nH]2)cc1)NO. The van der Waals surface area contributed by atoms with Crippen molar-refractivity contribution in [2.75, 3.05) is 61.9 Å². The molecule has 0 saturated heterocycles. The molecule has 0 aliphatic carbocycles. The molecule has 16 aromatic rings. The maximum Gasteiger partial charge on any atom is 0.308 e. The number of aromatic nitrogens is 12. The minimum absolute atomic E-state index is 0.0616. The summed E-state index contributed by atoms with van der Waals surface area (Å²) in [7, 11) is 2.72. The van der Waals surface area contributed by atoms with Crippen molar-refractivity contribution in [1.82, 2.24) is 70.8 Å². The summed E-state index contributed by atoms with van der Waals surface area (Å²) in [4.78, 5) is 92.5. The van der Waals surface area contributed by atoms with Crippen LogP contribution < -0.4 is 63.0 Å². The van der Waals surface area contributed by atoms with Crippen LogP contribution >= 0.6 is 0 Å². The van der Waals surface area contributed by atoms with E-state index in [1.54, 1.807) is 47.6 Å². The molecule has 0 radical (unpaired) electrons. The second-order valence-electron chi connectivity index (χ2n) is 27.9. The number of H-pyrrole nitrogens is 4. The third-order valence-electron chi connectivity index (χ3n) is 19.5. The van der Waals surface area contributed by atoms with Crippen molar-refractivity contribution in [2.45, 2.75) is 65.2 Å². The summed E-state index contributed by atoms with van der Waals surface area (Å²) < 4.78 is 57.9. The molecular formula is C92H94F2N20O14. The van der Waals surface area contributed by atoms with Crippen molar-refractivity contribution >= 4 is 91.2 Å². The van der Waals surface area contributed by atoms with Gasteiger partial charge in [-0.15, -0.1) is 0 Å². The third-order valence-corrected chi connectivity index (χ3v) is 19.5. The van der Waals surface area contributed by atoms with E-state index in [1.165, 1.54) is 68.6 Å². The van der Waals surface area contributed by atoms with Crippen LogP contribution in [0.4, 0.5) is 32.1 Å². The van der Waals surface area contributed by atoms with E-state index in [-0.39, 0.29) is 81.7 Å². The molecule has 8 aromatic carbocycles. The Morgan fingerprint density at radius 2 is 0.695 bits per heavy atom. The first-order valence-corrected chi connectivity index (χ1v) is 39.9. The largest absolute Gasteiger partial charge is 0.493 e. The zero-order valence-electron chi connectivity index (χ0n) is 69.9. The molecule has 128 heavy (non-hydrogen) atoms. The van der Waals surface area contributed by atoms with Crippen LogP contribution in [0, 0.1) is 18.6 Å². The first kappa shape index (κ1) is 92.9. The Labute approximate surface area is 731 Å². The number of halogens is 2. The minimum Gasteiger partial charge on any atom is -0.493 e. The average molecular weight is 1740 g/mol. The molecule has 8 heterocycles. The van der Waals surface area contributed by atoms with Gasteiger partial charge in [-0.1, -0.05) is 78.9 Å². The summed E-state index contributed by atoms with van der Waals surface area (Å²) in [6.07, 6.45) is 6.64. The van der Waals surface area contributed by atoms with Crippen LogP contribution in [0.15, 0.2) is 250 Å². The van der Waals surface area contributed by atoms with Gasteiger partial charge in [0, 0.05) is 48.5 Å². The van der Waals surface area contributed by atoms with Gasteiger partial charge in [-0.3, -0.25) is 29.6 Å². The Bertz CT molecular complexity index is 6040. The van der Waals surface area contributed by atoms with Crippen LogP contribution in [-0.4, -0.2) is 145 Å². The number of ether oxygens (including phenoxy) is 6. The van der Waals surface area contributed by atoms with Gasteiger partial charge in [-0.25, -0.2) is 71.4 Å². The van der Waals surface area contributed by atoms with Crippen molar-refractivity contribution < 1.29 is 77.2 Å². The highest BCUT2D eigenvalue weighted by Crippen LogP contribution is 2.35. The Balaban J connectivity index is 0.000000163. The Kier molecular flexibility index (Phi) is 34.6. The number of anilines is 4. The molecule has 0 aliphatic heterocycles. The predicted octanol–water partition coefficient (Wildman–Crippen LogP) is 15.2. The molecule has 34 nitrogen and oxygen atoms in total. The van der Waals surface area contributed by atoms with Crippen LogP contribution in [0.5, 0.6) is 23.0 Å². The van der Waals surface area contributed by atoms with Gasteiger partial charge in [0.05, 0.1) is 87.9 Å². The lowest BCUT2D eigenvalue weighted by atomic mass is 10.1. The summed E-state index contributed by atoms with van der Waals surface area (Å²) in [5.74, 6) is 10.5. The molecule has 2 amide bonds. The van der Waals surface area contributed by atoms with Crippen molar-refractivity contribution in [3.63, 3.8) is 0 Å². The number of amides is 2. The summed E-state index contributed by atoms with van der Waals surface area (Å²) in [5.41, 5.74) is 18.7. The molecule has 0 spiro atoms. The molecule has 660 valence electrons. The number of hydroxylamine groups is 2. The predicted molar refractivity (Wildman–Crippen MR) is 478 cm³/mol. The number of fused-ring (bicyclic) bond motifs is 4. The van der Waals surface area contributed by atoms with Crippen LogP contribution in [0.1, 0.15) is 66.5 Å². The van der Waals surface area contributed by atoms with E-state index in [2.05, 4.69) is 127 Å². The summed E-state index contributed by atoms with van der Waals surface area (Å²) >= 11 is 0. The van der Waals surface area contributed by atoms with Gasteiger partial charge < -0.3 is 80.0 Å². The monoisotopic (exact) mass is 1740 g/mol. The second-order valence-corrected chi connectivity index (χ2v) is 27.9. The number of carbonyl (C=O) groups excluding carboxylic acids is 4. The molecule has 0 bridgehead atoms. The van der Waals surface area contributed by atoms with E-state index in [0.29, 0.717) is 65.6 Å². The van der Waals surface area contributed by atoms with Gasteiger partial charge in [0.2, 0.25) is 11.8 Å². The normalized spacial score (nSPS) is 10.8. The van der Waals surface area contributed by atoms with Crippen molar-refractivity contribution in [1.29, 1.82) is 0 Å². The number of nitrogens with one attached hydrogen (secondary N) is 10. The number of esters is 2. The Hall–Kier alpha value is -15.9. The molecule has 18 N–H and O–H groups in total. The summed E-state index contributed by atoms with van der Waals surface area (Å²) in [6, 6.07) is 69.5. The number of nitrogens with two attached hydrogens (primary N) is 2. The van der Waals surface area contributed by atoms with Crippen LogP contribution in [-0.2, 0) is 48.3 Å². The number of nitrogens with zero attached hydrogens (tertiary/aromatic N) is 8. The van der Waals surface area contributed by atoms with Crippen LogP contribution in [0.3, 0.4) is 0 Å². The van der Waals surface area contributed by atoms with Gasteiger partial charge in [-0.2, -0.15) is 0 Å². The Morgan fingerprint density at radius 1 is 0.383 bits per heavy atom. The fourth-order valence-corrected chi connectivity index (χ4v) is 12.8. The molecular weight excluding hydrogens is 1650 g/mol. The van der Waals surface area contributed by atoms with Crippen molar-refractivity contribution in [3.8, 4) is 68.0 Å². The minimum atomic E-state index is -0.500. The van der Waals surface area contributed by atoms with Crippen LogP contribution in [0.2, 0.25) is 0 Å². The lowest BCUT2D eigenvalue weighted by molar-refractivity contribution is -0.142. The van der Waals surface area contributed by atoms with E-state index in [9.17, 15) is 28.0 Å². The van der Waals surface area contributed by atoms with Gasteiger partial charge in [0.15, 0.2) is 0 Å². The highest BCUT2D eigenvalue weighted by Gasteiger charge is 2.18. The highest BCUT2D eigenvalue weighted by atomic mass is 19.1.